The molecule has 1 atom stereocenters. The van der Waals surface area contributed by atoms with Gasteiger partial charge in [0.05, 0.1) is 6.54 Å². The number of nitrogens with one attached hydrogen (secondary N) is 1. The van der Waals surface area contributed by atoms with Crippen LogP contribution >= 0.6 is 11.6 Å². The van der Waals surface area contributed by atoms with Gasteiger partial charge in [0.25, 0.3) is 5.91 Å². The second kappa shape index (κ2) is 6.61. The summed E-state index contributed by atoms with van der Waals surface area (Å²) < 4.78 is 5.58. The molecule has 0 bridgehead atoms. The van der Waals surface area contributed by atoms with Crippen LogP contribution in [0.5, 0.6) is 5.75 Å². The lowest BCUT2D eigenvalue weighted by Crippen LogP contribution is -2.43. The van der Waals surface area contributed by atoms with Crippen LogP contribution in [0.3, 0.4) is 0 Å². The molecule has 0 radical (unpaired) electrons. The molecule has 1 aromatic rings. The van der Waals surface area contributed by atoms with Gasteiger partial charge in [-0.3, -0.25) is 9.59 Å². The molecule has 5 nitrogen and oxygen atoms in total. The molecule has 0 saturated carbocycles. The topological polar surface area (TPSA) is 58.6 Å². The molecule has 1 N–H and O–H groups in total. The van der Waals surface area contributed by atoms with Crippen molar-refractivity contribution < 1.29 is 14.3 Å². The third-order valence-corrected chi connectivity index (χ3v) is 3.26. The fraction of sp³-hybridized carbons (Fsp3) is 0.429. The fourth-order valence-electron chi connectivity index (χ4n) is 2.05. The molecule has 0 aromatic heterocycles. The second-order valence-corrected chi connectivity index (χ2v) is 5.12. The molecule has 1 fully saturated rings. The van der Waals surface area contributed by atoms with E-state index in [2.05, 4.69) is 5.32 Å². The van der Waals surface area contributed by atoms with E-state index in [-0.39, 0.29) is 18.4 Å². The number of amides is 2. The van der Waals surface area contributed by atoms with E-state index >= 15 is 0 Å². The number of benzene rings is 1. The zero-order valence-electron chi connectivity index (χ0n) is 11.3. The summed E-state index contributed by atoms with van der Waals surface area (Å²) in [6.07, 6.45) is 0.0980. The van der Waals surface area contributed by atoms with E-state index in [1.165, 1.54) is 4.90 Å². The Hall–Kier alpha value is -1.75. The zero-order valence-corrected chi connectivity index (χ0v) is 12.0. The number of halogens is 1. The average molecular weight is 297 g/mol. The van der Waals surface area contributed by atoms with Crippen molar-refractivity contribution in [2.75, 3.05) is 19.6 Å². The van der Waals surface area contributed by atoms with Crippen LogP contribution in [0.25, 0.3) is 0 Å². The lowest BCUT2D eigenvalue weighted by atomic mass is 10.3. The van der Waals surface area contributed by atoms with Gasteiger partial charge in [-0.15, -0.1) is 0 Å². The van der Waals surface area contributed by atoms with Gasteiger partial charge in [0.1, 0.15) is 5.75 Å². The van der Waals surface area contributed by atoms with Crippen LogP contribution in [0.1, 0.15) is 13.3 Å². The van der Waals surface area contributed by atoms with Gasteiger partial charge in [-0.05, 0) is 31.5 Å². The predicted octanol–water partition coefficient (Wildman–Crippen LogP) is 1.46. The lowest BCUT2D eigenvalue weighted by molar-refractivity contribution is -0.140. The van der Waals surface area contributed by atoms with Gasteiger partial charge in [-0.2, -0.15) is 0 Å². The predicted molar refractivity (Wildman–Crippen MR) is 75.7 cm³/mol. The summed E-state index contributed by atoms with van der Waals surface area (Å²) in [7, 11) is 0. The summed E-state index contributed by atoms with van der Waals surface area (Å²) in [5, 5.41) is 3.29. The quantitative estimate of drug-likeness (QED) is 0.918. The monoisotopic (exact) mass is 296 g/mol. The van der Waals surface area contributed by atoms with E-state index < -0.39 is 6.10 Å². The molecule has 1 aliphatic rings. The van der Waals surface area contributed by atoms with E-state index in [1.807, 2.05) is 0 Å². The molecule has 1 unspecified atom stereocenters. The van der Waals surface area contributed by atoms with Crippen molar-refractivity contribution in [2.45, 2.75) is 19.4 Å². The van der Waals surface area contributed by atoms with Gasteiger partial charge < -0.3 is 15.0 Å². The van der Waals surface area contributed by atoms with E-state index in [1.54, 1.807) is 31.2 Å². The van der Waals surface area contributed by atoms with Crippen molar-refractivity contribution in [3.05, 3.63) is 29.3 Å². The molecule has 2 amide bonds. The molecular formula is C14H17ClN2O3. The molecule has 1 saturated heterocycles. The van der Waals surface area contributed by atoms with Gasteiger partial charge in [-0.25, -0.2) is 0 Å². The maximum absolute atomic E-state index is 12.3. The van der Waals surface area contributed by atoms with Crippen LogP contribution in [-0.2, 0) is 9.59 Å². The van der Waals surface area contributed by atoms with Crippen molar-refractivity contribution in [3.8, 4) is 5.75 Å². The minimum atomic E-state index is -0.653. The lowest BCUT2D eigenvalue weighted by Gasteiger charge is -2.23. The molecule has 1 aliphatic heterocycles. The maximum Gasteiger partial charge on any atom is 0.263 e. The second-order valence-electron chi connectivity index (χ2n) is 4.68. The first-order valence-corrected chi connectivity index (χ1v) is 6.92. The van der Waals surface area contributed by atoms with Crippen molar-refractivity contribution in [2.24, 2.45) is 0 Å². The molecule has 1 aromatic carbocycles. The minimum Gasteiger partial charge on any atom is -0.481 e. The number of ether oxygens (including phenoxy) is 1. The highest BCUT2D eigenvalue weighted by molar-refractivity contribution is 6.30. The Balaban J connectivity index is 1.99. The van der Waals surface area contributed by atoms with Crippen LogP contribution in [0.15, 0.2) is 24.3 Å². The summed E-state index contributed by atoms with van der Waals surface area (Å²) >= 11 is 5.87. The van der Waals surface area contributed by atoms with Crippen LogP contribution in [0.4, 0.5) is 0 Å². The van der Waals surface area contributed by atoms with Gasteiger partial charge in [-0.1, -0.05) is 17.7 Å². The van der Waals surface area contributed by atoms with Crippen LogP contribution in [0, 0.1) is 0 Å². The number of carbonyl (C=O) groups excluding carboxylic acids is 2. The van der Waals surface area contributed by atoms with Crippen LogP contribution in [0.2, 0.25) is 5.02 Å². The number of carbonyl (C=O) groups is 2. The van der Waals surface area contributed by atoms with Gasteiger partial charge in [0.15, 0.2) is 6.10 Å². The minimum absolute atomic E-state index is 0.0854. The standard InChI is InChI=1S/C14H17ClN2O3/c1-10(20-12-5-2-4-11(15)8-12)14(19)17-7-3-6-16-13(18)9-17/h2,4-5,8,10H,3,6-7,9H2,1H3,(H,16,18). The first-order valence-electron chi connectivity index (χ1n) is 6.54. The maximum atomic E-state index is 12.3. The van der Waals surface area contributed by atoms with Crippen LogP contribution < -0.4 is 10.1 Å². The van der Waals surface area contributed by atoms with Gasteiger partial charge in [0.2, 0.25) is 5.91 Å². The Kier molecular flexibility index (Phi) is 4.84. The first-order chi connectivity index (χ1) is 9.56. The van der Waals surface area contributed by atoms with E-state index in [4.69, 9.17) is 16.3 Å². The number of rotatable bonds is 3. The molecule has 0 spiro atoms. The summed E-state index contributed by atoms with van der Waals surface area (Å²) in [6, 6.07) is 6.89. The van der Waals surface area contributed by atoms with Gasteiger partial charge in [0, 0.05) is 18.1 Å². The summed E-state index contributed by atoms with van der Waals surface area (Å²) in [5.41, 5.74) is 0. The molecule has 0 aliphatic carbocycles. The molecule has 6 heteroatoms. The SMILES string of the molecule is CC(Oc1cccc(Cl)c1)C(=O)N1CCCNC(=O)C1. The average Bonchev–Trinajstić information content (AvgIpc) is 2.62. The third kappa shape index (κ3) is 3.87. The normalized spacial score (nSPS) is 17.1. The third-order valence-electron chi connectivity index (χ3n) is 3.03. The Labute approximate surface area is 122 Å². The number of nitrogens with zero attached hydrogens (tertiary/aromatic N) is 1. The van der Waals surface area contributed by atoms with Gasteiger partial charge >= 0.3 is 0 Å². The van der Waals surface area contributed by atoms with E-state index in [9.17, 15) is 9.59 Å². The van der Waals surface area contributed by atoms with Crippen molar-refractivity contribution in [1.82, 2.24) is 10.2 Å². The highest BCUT2D eigenvalue weighted by atomic mass is 35.5. The Morgan fingerprint density at radius 2 is 2.30 bits per heavy atom. The van der Waals surface area contributed by atoms with E-state index in [0.29, 0.717) is 23.9 Å². The van der Waals surface area contributed by atoms with Crippen LogP contribution in [-0.4, -0.2) is 42.5 Å². The molecule has 20 heavy (non-hydrogen) atoms. The first kappa shape index (κ1) is 14.7. The Bertz CT molecular complexity index is 507. The molecule has 1 heterocycles. The highest BCUT2D eigenvalue weighted by Crippen LogP contribution is 2.19. The molecular weight excluding hydrogens is 280 g/mol. The Morgan fingerprint density at radius 3 is 3.05 bits per heavy atom. The zero-order chi connectivity index (χ0) is 14.5. The molecule has 2 rings (SSSR count). The fourth-order valence-corrected chi connectivity index (χ4v) is 2.23. The summed E-state index contributed by atoms with van der Waals surface area (Å²) in [6.45, 7) is 2.92. The highest BCUT2D eigenvalue weighted by Gasteiger charge is 2.25. The molecule has 108 valence electrons. The van der Waals surface area contributed by atoms with Crippen molar-refractivity contribution in [3.63, 3.8) is 0 Å². The largest absolute Gasteiger partial charge is 0.481 e. The van der Waals surface area contributed by atoms with E-state index in [0.717, 1.165) is 6.42 Å². The smallest absolute Gasteiger partial charge is 0.263 e. The van der Waals surface area contributed by atoms with Crippen molar-refractivity contribution >= 4 is 23.4 Å². The Morgan fingerprint density at radius 1 is 1.50 bits per heavy atom. The number of hydrogen-bond acceptors (Lipinski definition) is 3. The summed E-state index contributed by atoms with van der Waals surface area (Å²) in [4.78, 5) is 25.3. The summed E-state index contributed by atoms with van der Waals surface area (Å²) in [5.74, 6) is 0.213. The number of hydrogen-bond donors (Lipinski definition) is 1. The van der Waals surface area contributed by atoms with Crippen molar-refractivity contribution in [1.29, 1.82) is 0 Å².